The molecule has 1 aliphatic rings. The van der Waals surface area contributed by atoms with Crippen molar-refractivity contribution in [1.82, 2.24) is 10.2 Å². The maximum absolute atomic E-state index is 11.7. The van der Waals surface area contributed by atoms with E-state index in [-0.39, 0.29) is 6.09 Å². The number of hydrogen-bond donors (Lipinski definition) is 1. The van der Waals surface area contributed by atoms with E-state index in [0.29, 0.717) is 6.61 Å². The van der Waals surface area contributed by atoms with E-state index in [4.69, 9.17) is 4.74 Å². The van der Waals surface area contributed by atoms with Gasteiger partial charge in [-0.15, -0.1) is 0 Å². The van der Waals surface area contributed by atoms with E-state index in [0.717, 1.165) is 39.3 Å². The Labute approximate surface area is 126 Å². The van der Waals surface area contributed by atoms with Gasteiger partial charge < -0.3 is 19.9 Å². The lowest BCUT2D eigenvalue weighted by Crippen LogP contribution is -2.49. The van der Waals surface area contributed by atoms with Crippen LogP contribution in [0.25, 0.3) is 0 Å². The Hall–Kier alpha value is -1.75. The molecule has 1 aliphatic heterocycles. The molecule has 0 radical (unpaired) electrons. The van der Waals surface area contributed by atoms with Crippen molar-refractivity contribution in [3.63, 3.8) is 0 Å². The number of amides is 1. The maximum atomic E-state index is 11.7. The molecule has 1 N–H and O–H groups in total. The van der Waals surface area contributed by atoms with Crippen LogP contribution in [0.4, 0.5) is 10.5 Å². The van der Waals surface area contributed by atoms with E-state index in [1.807, 2.05) is 6.92 Å². The molecule has 0 unspecified atom stereocenters. The second kappa shape index (κ2) is 7.88. The molecule has 21 heavy (non-hydrogen) atoms. The quantitative estimate of drug-likeness (QED) is 0.902. The largest absolute Gasteiger partial charge is 0.450 e. The molecule has 116 valence electrons. The topological polar surface area (TPSA) is 44.8 Å². The third kappa shape index (κ3) is 4.36. The molecule has 0 aliphatic carbocycles. The van der Waals surface area contributed by atoms with Gasteiger partial charge in [0.1, 0.15) is 0 Å². The molecule has 1 saturated heterocycles. The van der Waals surface area contributed by atoms with E-state index in [2.05, 4.69) is 41.4 Å². The number of hydrogen-bond acceptors (Lipinski definition) is 4. The molecule has 0 saturated carbocycles. The summed E-state index contributed by atoms with van der Waals surface area (Å²) in [4.78, 5) is 15.8. The SMILES string of the molecule is CCNCc1ccc(N2CCN(C(=O)OCC)CC2)cc1. The second-order valence-corrected chi connectivity index (χ2v) is 5.12. The summed E-state index contributed by atoms with van der Waals surface area (Å²) in [5.74, 6) is 0. The summed E-state index contributed by atoms with van der Waals surface area (Å²) >= 11 is 0. The van der Waals surface area contributed by atoms with Gasteiger partial charge in [-0.2, -0.15) is 0 Å². The first kappa shape index (κ1) is 15.6. The predicted molar refractivity (Wildman–Crippen MR) is 84.6 cm³/mol. The van der Waals surface area contributed by atoms with Crippen LogP contribution in [-0.2, 0) is 11.3 Å². The van der Waals surface area contributed by atoms with Gasteiger partial charge in [0.25, 0.3) is 0 Å². The zero-order chi connectivity index (χ0) is 15.1. The standard InChI is InChI=1S/C16H25N3O2/c1-3-17-13-14-5-7-15(8-6-14)18-9-11-19(12-10-18)16(20)21-4-2/h5-8,17H,3-4,9-13H2,1-2H3. The Morgan fingerprint density at radius 3 is 2.38 bits per heavy atom. The smallest absolute Gasteiger partial charge is 0.409 e. The maximum Gasteiger partial charge on any atom is 0.409 e. The summed E-state index contributed by atoms with van der Waals surface area (Å²) in [5.41, 5.74) is 2.52. The number of anilines is 1. The van der Waals surface area contributed by atoms with E-state index in [9.17, 15) is 4.79 Å². The van der Waals surface area contributed by atoms with Crippen LogP contribution >= 0.6 is 0 Å². The van der Waals surface area contributed by atoms with E-state index >= 15 is 0 Å². The highest BCUT2D eigenvalue weighted by atomic mass is 16.6. The van der Waals surface area contributed by atoms with Crippen molar-refractivity contribution in [2.24, 2.45) is 0 Å². The fraction of sp³-hybridized carbons (Fsp3) is 0.562. The summed E-state index contributed by atoms with van der Waals surface area (Å²) in [5, 5.41) is 3.32. The fourth-order valence-corrected chi connectivity index (χ4v) is 2.46. The highest BCUT2D eigenvalue weighted by Crippen LogP contribution is 2.17. The molecule has 2 rings (SSSR count). The lowest BCUT2D eigenvalue weighted by atomic mass is 10.2. The van der Waals surface area contributed by atoms with E-state index in [1.54, 1.807) is 4.90 Å². The Bertz CT molecular complexity index is 439. The minimum Gasteiger partial charge on any atom is -0.450 e. The number of ether oxygens (including phenoxy) is 1. The predicted octanol–water partition coefficient (Wildman–Crippen LogP) is 2.07. The van der Waals surface area contributed by atoms with Crippen LogP contribution in [0.1, 0.15) is 19.4 Å². The minimum absolute atomic E-state index is 0.196. The van der Waals surface area contributed by atoms with Gasteiger partial charge in [0.2, 0.25) is 0 Å². The molecule has 1 aromatic carbocycles. The zero-order valence-corrected chi connectivity index (χ0v) is 13.0. The normalized spacial score (nSPS) is 15.1. The third-order valence-corrected chi connectivity index (χ3v) is 3.69. The Morgan fingerprint density at radius 1 is 1.14 bits per heavy atom. The highest BCUT2D eigenvalue weighted by Gasteiger charge is 2.21. The van der Waals surface area contributed by atoms with Gasteiger partial charge >= 0.3 is 6.09 Å². The van der Waals surface area contributed by atoms with Gasteiger partial charge in [-0.25, -0.2) is 4.79 Å². The number of benzene rings is 1. The van der Waals surface area contributed by atoms with Crippen LogP contribution < -0.4 is 10.2 Å². The molecular weight excluding hydrogens is 266 g/mol. The van der Waals surface area contributed by atoms with Crippen molar-refractivity contribution in [3.8, 4) is 0 Å². The molecule has 0 aromatic heterocycles. The van der Waals surface area contributed by atoms with Gasteiger partial charge in [0.05, 0.1) is 6.61 Å². The van der Waals surface area contributed by atoms with Crippen molar-refractivity contribution in [2.75, 3.05) is 44.2 Å². The fourth-order valence-electron chi connectivity index (χ4n) is 2.46. The number of nitrogens with zero attached hydrogens (tertiary/aromatic N) is 2. The number of carbonyl (C=O) groups excluding carboxylic acids is 1. The first-order valence-corrected chi connectivity index (χ1v) is 7.71. The summed E-state index contributed by atoms with van der Waals surface area (Å²) < 4.78 is 5.04. The molecule has 1 aromatic rings. The molecule has 0 bridgehead atoms. The van der Waals surface area contributed by atoms with Crippen molar-refractivity contribution in [3.05, 3.63) is 29.8 Å². The summed E-state index contributed by atoms with van der Waals surface area (Å²) in [6.07, 6.45) is -0.196. The van der Waals surface area contributed by atoms with Crippen LogP contribution in [0.15, 0.2) is 24.3 Å². The second-order valence-electron chi connectivity index (χ2n) is 5.12. The molecule has 0 atom stereocenters. The van der Waals surface area contributed by atoms with Gasteiger partial charge in [-0.1, -0.05) is 19.1 Å². The van der Waals surface area contributed by atoms with Crippen LogP contribution in [0.5, 0.6) is 0 Å². The van der Waals surface area contributed by atoms with Gasteiger partial charge in [0, 0.05) is 38.4 Å². The minimum atomic E-state index is -0.196. The van der Waals surface area contributed by atoms with Crippen molar-refractivity contribution >= 4 is 11.8 Å². The van der Waals surface area contributed by atoms with Crippen LogP contribution in [0, 0.1) is 0 Å². The Balaban J connectivity index is 1.85. The van der Waals surface area contributed by atoms with Crippen molar-refractivity contribution < 1.29 is 9.53 Å². The average molecular weight is 291 g/mol. The number of nitrogens with one attached hydrogen (secondary N) is 1. The zero-order valence-electron chi connectivity index (χ0n) is 13.0. The van der Waals surface area contributed by atoms with Crippen molar-refractivity contribution in [2.45, 2.75) is 20.4 Å². The lowest BCUT2D eigenvalue weighted by Gasteiger charge is -2.35. The number of rotatable bonds is 5. The summed E-state index contributed by atoms with van der Waals surface area (Å²) in [7, 11) is 0. The molecular formula is C16H25N3O2. The van der Waals surface area contributed by atoms with Gasteiger partial charge in [-0.3, -0.25) is 0 Å². The first-order valence-electron chi connectivity index (χ1n) is 7.71. The van der Waals surface area contributed by atoms with Crippen LogP contribution in [-0.4, -0.2) is 50.3 Å². The number of piperazine rings is 1. The monoisotopic (exact) mass is 291 g/mol. The molecule has 5 nitrogen and oxygen atoms in total. The Morgan fingerprint density at radius 2 is 1.81 bits per heavy atom. The molecule has 1 heterocycles. The summed E-state index contributed by atoms with van der Waals surface area (Å²) in [6.45, 7) is 9.42. The highest BCUT2D eigenvalue weighted by molar-refractivity contribution is 5.68. The molecule has 1 amide bonds. The van der Waals surface area contributed by atoms with E-state index < -0.39 is 0 Å². The van der Waals surface area contributed by atoms with Gasteiger partial charge in [0.15, 0.2) is 0 Å². The van der Waals surface area contributed by atoms with Gasteiger partial charge in [-0.05, 0) is 31.2 Å². The lowest BCUT2D eigenvalue weighted by molar-refractivity contribution is 0.105. The van der Waals surface area contributed by atoms with Crippen LogP contribution in [0.3, 0.4) is 0 Å². The average Bonchev–Trinajstić information content (AvgIpc) is 2.54. The molecule has 1 fully saturated rings. The van der Waals surface area contributed by atoms with Crippen LogP contribution in [0.2, 0.25) is 0 Å². The third-order valence-electron chi connectivity index (χ3n) is 3.69. The van der Waals surface area contributed by atoms with Crippen molar-refractivity contribution in [1.29, 1.82) is 0 Å². The molecule has 0 spiro atoms. The van der Waals surface area contributed by atoms with E-state index in [1.165, 1.54) is 11.3 Å². The summed E-state index contributed by atoms with van der Waals surface area (Å²) in [6, 6.07) is 8.64. The molecule has 5 heteroatoms. The Kier molecular flexibility index (Phi) is 5.87. The number of carbonyl (C=O) groups is 1. The first-order chi connectivity index (χ1) is 10.2.